The normalized spacial score (nSPS) is 14.2. The quantitative estimate of drug-likeness (QED) is 0.843. The van der Waals surface area contributed by atoms with Crippen molar-refractivity contribution < 1.29 is 4.79 Å². The summed E-state index contributed by atoms with van der Waals surface area (Å²) >= 11 is 0. The van der Waals surface area contributed by atoms with Gasteiger partial charge in [-0.25, -0.2) is 9.97 Å². The Bertz CT molecular complexity index is 717. The summed E-state index contributed by atoms with van der Waals surface area (Å²) in [6.45, 7) is 1.94. The van der Waals surface area contributed by atoms with Gasteiger partial charge in [0.2, 0.25) is 0 Å². The fraction of sp³-hybridized carbons (Fsp3) is 0.462. The summed E-state index contributed by atoms with van der Waals surface area (Å²) < 4.78 is 0. The van der Waals surface area contributed by atoms with E-state index in [0.717, 1.165) is 12.8 Å². The van der Waals surface area contributed by atoms with Gasteiger partial charge in [-0.15, -0.1) is 0 Å². The van der Waals surface area contributed by atoms with Crippen molar-refractivity contribution in [1.29, 1.82) is 0 Å². The number of nitrogens with zero attached hydrogens (tertiary/aromatic N) is 4. The first-order valence-corrected chi connectivity index (χ1v) is 6.76. The number of aromatic amines is 2. The molecule has 1 aliphatic carbocycles. The highest BCUT2D eigenvalue weighted by molar-refractivity contribution is 5.94. The zero-order chi connectivity index (χ0) is 15.0. The van der Waals surface area contributed by atoms with Crippen molar-refractivity contribution in [2.45, 2.75) is 32.2 Å². The molecule has 1 aliphatic rings. The number of aromatic nitrogens is 5. The Kier molecular flexibility index (Phi) is 3.28. The molecule has 1 fully saturated rings. The number of H-pyrrole nitrogens is 2. The molecule has 0 unspecified atom stereocenters. The molecule has 2 N–H and O–H groups in total. The molecule has 8 heteroatoms. The third-order valence-corrected chi connectivity index (χ3v) is 3.50. The highest BCUT2D eigenvalue weighted by Gasteiger charge is 2.28. The van der Waals surface area contributed by atoms with Gasteiger partial charge in [0.25, 0.3) is 11.5 Å². The van der Waals surface area contributed by atoms with E-state index in [1.807, 2.05) is 0 Å². The SMILES string of the molecule is Cc1nc(C2CC2)[nH]c(=O)c1C(=O)N(C)Cc1ncn[nH]1. The van der Waals surface area contributed by atoms with E-state index >= 15 is 0 Å². The maximum absolute atomic E-state index is 12.4. The van der Waals surface area contributed by atoms with Gasteiger partial charge in [-0.05, 0) is 19.8 Å². The molecule has 0 atom stereocenters. The number of hydrogen-bond acceptors (Lipinski definition) is 5. The molecule has 3 rings (SSSR count). The van der Waals surface area contributed by atoms with Crippen LogP contribution in [0.3, 0.4) is 0 Å². The minimum Gasteiger partial charge on any atom is -0.334 e. The summed E-state index contributed by atoms with van der Waals surface area (Å²) in [4.78, 5) is 37.0. The first kappa shape index (κ1) is 13.5. The number of amides is 1. The van der Waals surface area contributed by atoms with Crippen LogP contribution >= 0.6 is 0 Å². The van der Waals surface area contributed by atoms with Crippen molar-refractivity contribution in [3.63, 3.8) is 0 Å². The van der Waals surface area contributed by atoms with E-state index in [-0.39, 0.29) is 23.6 Å². The van der Waals surface area contributed by atoms with E-state index < -0.39 is 0 Å². The van der Waals surface area contributed by atoms with E-state index in [9.17, 15) is 9.59 Å². The fourth-order valence-corrected chi connectivity index (χ4v) is 2.20. The Hall–Kier alpha value is -2.51. The summed E-state index contributed by atoms with van der Waals surface area (Å²) in [7, 11) is 1.61. The number of carbonyl (C=O) groups is 1. The van der Waals surface area contributed by atoms with Crippen molar-refractivity contribution in [1.82, 2.24) is 30.0 Å². The third kappa shape index (κ3) is 2.69. The molecule has 1 amide bonds. The van der Waals surface area contributed by atoms with E-state index in [2.05, 4.69) is 25.1 Å². The van der Waals surface area contributed by atoms with Crippen LogP contribution in [0.4, 0.5) is 0 Å². The molecular weight excluding hydrogens is 272 g/mol. The van der Waals surface area contributed by atoms with Gasteiger partial charge >= 0.3 is 0 Å². The number of rotatable bonds is 4. The number of nitrogens with one attached hydrogen (secondary N) is 2. The lowest BCUT2D eigenvalue weighted by Crippen LogP contribution is -2.33. The average molecular weight is 288 g/mol. The highest BCUT2D eigenvalue weighted by Crippen LogP contribution is 2.37. The summed E-state index contributed by atoms with van der Waals surface area (Å²) in [5, 5.41) is 6.41. The van der Waals surface area contributed by atoms with Gasteiger partial charge in [-0.3, -0.25) is 14.7 Å². The standard InChI is InChI=1S/C13H16N6O2/c1-7-10(12(20)17-11(16-7)8-3-4-8)13(21)19(2)5-9-14-6-15-18-9/h6,8H,3-5H2,1-2H3,(H,14,15,18)(H,16,17,20). The molecule has 0 aliphatic heterocycles. The van der Waals surface area contributed by atoms with Crippen LogP contribution in [0.15, 0.2) is 11.1 Å². The average Bonchev–Trinajstić information content (AvgIpc) is 3.17. The smallest absolute Gasteiger partial charge is 0.264 e. The molecule has 2 heterocycles. The second-order valence-corrected chi connectivity index (χ2v) is 5.28. The maximum Gasteiger partial charge on any atom is 0.264 e. The maximum atomic E-state index is 12.4. The van der Waals surface area contributed by atoms with Crippen LogP contribution in [-0.4, -0.2) is 43.0 Å². The summed E-state index contributed by atoms with van der Waals surface area (Å²) in [6, 6.07) is 0. The highest BCUT2D eigenvalue weighted by atomic mass is 16.2. The van der Waals surface area contributed by atoms with Gasteiger partial charge in [0, 0.05) is 13.0 Å². The molecule has 110 valence electrons. The van der Waals surface area contributed by atoms with Gasteiger partial charge in [-0.2, -0.15) is 5.10 Å². The van der Waals surface area contributed by atoms with Crippen molar-refractivity contribution in [2.75, 3.05) is 7.05 Å². The molecule has 0 bridgehead atoms. The molecule has 2 aromatic rings. The Balaban J connectivity index is 1.85. The van der Waals surface area contributed by atoms with Crippen LogP contribution in [0.5, 0.6) is 0 Å². The second kappa shape index (κ2) is 5.12. The molecule has 1 saturated carbocycles. The Morgan fingerprint density at radius 1 is 1.48 bits per heavy atom. The van der Waals surface area contributed by atoms with Crippen LogP contribution in [0, 0.1) is 6.92 Å². The third-order valence-electron chi connectivity index (χ3n) is 3.50. The zero-order valence-corrected chi connectivity index (χ0v) is 11.9. The van der Waals surface area contributed by atoms with E-state index in [0.29, 0.717) is 23.3 Å². The molecule has 8 nitrogen and oxygen atoms in total. The number of aryl methyl sites for hydroxylation is 1. The topological polar surface area (TPSA) is 108 Å². The minimum atomic E-state index is -0.376. The van der Waals surface area contributed by atoms with Crippen molar-refractivity contribution >= 4 is 5.91 Å². The first-order chi connectivity index (χ1) is 10.1. The summed E-state index contributed by atoms with van der Waals surface area (Å²) in [6.07, 6.45) is 3.46. The molecule has 2 aromatic heterocycles. The van der Waals surface area contributed by atoms with Crippen molar-refractivity contribution in [3.05, 3.63) is 39.6 Å². The van der Waals surface area contributed by atoms with E-state index in [4.69, 9.17) is 0 Å². The van der Waals surface area contributed by atoms with Crippen LogP contribution in [0.25, 0.3) is 0 Å². The zero-order valence-electron chi connectivity index (χ0n) is 11.9. The molecular formula is C13H16N6O2. The molecule has 0 spiro atoms. The minimum absolute atomic E-state index is 0.0846. The molecule has 0 aromatic carbocycles. The number of carbonyl (C=O) groups excluding carboxylic acids is 1. The van der Waals surface area contributed by atoms with E-state index in [1.165, 1.54) is 11.2 Å². The Morgan fingerprint density at radius 2 is 2.24 bits per heavy atom. The van der Waals surface area contributed by atoms with Gasteiger partial charge in [0.15, 0.2) is 0 Å². The van der Waals surface area contributed by atoms with Crippen molar-refractivity contribution in [3.8, 4) is 0 Å². The second-order valence-electron chi connectivity index (χ2n) is 5.28. The van der Waals surface area contributed by atoms with Gasteiger partial charge in [-0.1, -0.05) is 0 Å². The molecule has 21 heavy (non-hydrogen) atoms. The van der Waals surface area contributed by atoms with Gasteiger partial charge in [0.1, 0.15) is 23.5 Å². The van der Waals surface area contributed by atoms with Crippen LogP contribution in [0.1, 0.15) is 46.5 Å². The largest absolute Gasteiger partial charge is 0.334 e. The molecule has 0 radical (unpaired) electrons. The van der Waals surface area contributed by atoms with Crippen LogP contribution < -0.4 is 5.56 Å². The predicted molar refractivity (Wildman–Crippen MR) is 73.7 cm³/mol. The summed E-state index contributed by atoms with van der Waals surface area (Å²) in [5.41, 5.74) is 0.176. The lowest BCUT2D eigenvalue weighted by atomic mass is 10.2. The van der Waals surface area contributed by atoms with Crippen LogP contribution in [-0.2, 0) is 6.54 Å². The lowest BCUT2D eigenvalue weighted by molar-refractivity contribution is 0.0778. The van der Waals surface area contributed by atoms with Gasteiger partial charge in [0.05, 0.1) is 12.2 Å². The molecule has 0 saturated heterocycles. The van der Waals surface area contributed by atoms with Crippen molar-refractivity contribution in [2.24, 2.45) is 0 Å². The lowest BCUT2D eigenvalue weighted by Gasteiger charge is -2.16. The van der Waals surface area contributed by atoms with E-state index in [1.54, 1.807) is 14.0 Å². The predicted octanol–water partition coefficient (Wildman–Crippen LogP) is 0.346. The Labute approximate surface area is 120 Å². The number of hydrogen-bond donors (Lipinski definition) is 2. The monoisotopic (exact) mass is 288 g/mol. The fourth-order valence-electron chi connectivity index (χ4n) is 2.20. The van der Waals surface area contributed by atoms with Crippen LogP contribution in [0.2, 0.25) is 0 Å². The first-order valence-electron chi connectivity index (χ1n) is 6.76. The van der Waals surface area contributed by atoms with Gasteiger partial charge < -0.3 is 9.88 Å². The summed E-state index contributed by atoms with van der Waals surface area (Å²) in [5.74, 6) is 1.21. The Morgan fingerprint density at radius 3 is 2.81 bits per heavy atom.